The molecule has 3 heterocycles. The highest BCUT2D eigenvalue weighted by atomic mass is 33.1. The summed E-state index contributed by atoms with van der Waals surface area (Å²) < 4.78 is 0. The average molecular weight is 586 g/mol. The molecular formula is C29H39N5O4S2. The Morgan fingerprint density at radius 1 is 1.05 bits per heavy atom. The number of aromatic nitrogens is 1. The second-order valence-electron chi connectivity index (χ2n) is 10.5. The number of unbranched alkanes of at least 4 members (excludes halogenated alkanes) is 3. The number of hydrogen-bond acceptors (Lipinski definition) is 8. The van der Waals surface area contributed by atoms with Gasteiger partial charge in [-0.15, -0.1) is 0 Å². The molecule has 40 heavy (non-hydrogen) atoms. The zero-order chi connectivity index (χ0) is 28.4. The monoisotopic (exact) mass is 585 g/mol. The van der Waals surface area contributed by atoms with Crippen LogP contribution in [0.5, 0.6) is 0 Å². The molecule has 4 rings (SSSR count). The Hall–Kier alpha value is -2.63. The zero-order valence-corrected chi connectivity index (χ0v) is 24.8. The van der Waals surface area contributed by atoms with E-state index in [0.29, 0.717) is 25.1 Å². The number of nitrogens with one attached hydrogen (secondary N) is 1. The van der Waals surface area contributed by atoms with Crippen LogP contribution in [0.15, 0.2) is 53.7 Å². The molecule has 1 spiro atoms. The third-order valence-electron chi connectivity index (χ3n) is 7.79. The number of nitro groups is 1. The van der Waals surface area contributed by atoms with E-state index in [1.165, 1.54) is 53.9 Å². The number of carbonyl (C=O) groups excluding carboxylic acids is 2. The first-order valence-electron chi connectivity index (χ1n) is 14.2. The molecular weight excluding hydrogens is 546 g/mol. The first-order chi connectivity index (χ1) is 19.4. The van der Waals surface area contributed by atoms with Crippen molar-refractivity contribution in [1.82, 2.24) is 20.1 Å². The summed E-state index contributed by atoms with van der Waals surface area (Å²) in [6.45, 7) is 5.22. The highest BCUT2D eigenvalue weighted by Gasteiger charge is 2.53. The van der Waals surface area contributed by atoms with Gasteiger partial charge in [-0.3, -0.25) is 19.7 Å². The van der Waals surface area contributed by atoms with Gasteiger partial charge >= 0.3 is 5.69 Å². The molecule has 9 nitrogen and oxygen atoms in total. The molecule has 1 aromatic heterocycles. The van der Waals surface area contributed by atoms with E-state index in [2.05, 4.69) is 45.5 Å². The highest BCUT2D eigenvalue weighted by molar-refractivity contribution is 8.76. The largest absolute Gasteiger partial charge is 0.341 e. The summed E-state index contributed by atoms with van der Waals surface area (Å²) in [5, 5.41) is 14.5. The van der Waals surface area contributed by atoms with Gasteiger partial charge in [-0.25, -0.2) is 4.98 Å². The van der Waals surface area contributed by atoms with Gasteiger partial charge in [0, 0.05) is 37.7 Å². The fourth-order valence-corrected chi connectivity index (χ4v) is 7.79. The molecule has 11 heteroatoms. The standard InChI is InChI=1S/C29H39N5O4S2/c1-2-18-33-27(35)24(22-39-40-26-25(34(37)38)14-10-17-30-26)31-28(36)29(33)15-20-32(21-16-29)19-9-4-3-6-11-23-12-7-5-8-13-23/h5,7-8,10,12-14,17,24H,2-4,6,9,11,15-16,18-22H2,1H3,(H,31,36)/t24-/m0/s1. The van der Waals surface area contributed by atoms with Crippen LogP contribution in [0, 0.1) is 10.1 Å². The fraction of sp³-hybridized carbons (Fsp3) is 0.552. The van der Waals surface area contributed by atoms with Crippen LogP contribution in [0.4, 0.5) is 5.69 Å². The molecule has 2 aliphatic heterocycles. The van der Waals surface area contributed by atoms with Crippen molar-refractivity contribution < 1.29 is 14.5 Å². The van der Waals surface area contributed by atoms with Crippen molar-refractivity contribution in [3.05, 3.63) is 64.3 Å². The molecule has 2 fully saturated rings. The Kier molecular flexibility index (Phi) is 11.3. The minimum atomic E-state index is -0.784. The predicted molar refractivity (Wildman–Crippen MR) is 160 cm³/mol. The zero-order valence-electron chi connectivity index (χ0n) is 23.1. The van der Waals surface area contributed by atoms with Crippen LogP contribution in [0.1, 0.15) is 57.4 Å². The Morgan fingerprint density at radius 3 is 2.52 bits per heavy atom. The van der Waals surface area contributed by atoms with Gasteiger partial charge in [-0.1, -0.05) is 60.9 Å². The predicted octanol–water partition coefficient (Wildman–Crippen LogP) is 5.10. The molecule has 2 saturated heterocycles. The third-order valence-corrected chi connectivity index (χ3v) is 10.1. The molecule has 0 aliphatic carbocycles. The van der Waals surface area contributed by atoms with Crippen molar-refractivity contribution >= 4 is 39.1 Å². The van der Waals surface area contributed by atoms with Gasteiger partial charge in [0.15, 0.2) is 5.03 Å². The maximum Gasteiger partial charge on any atom is 0.302 e. The molecule has 1 aromatic carbocycles. The van der Waals surface area contributed by atoms with Crippen LogP contribution in [-0.2, 0) is 16.0 Å². The topological polar surface area (TPSA) is 109 Å². The smallest absolute Gasteiger partial charge is 0.302 e. The summed E-state index contributed by atoms with van der Waals surface area (Å²) in [6.07, 6.45) is 9.49. The third kappa shape index (κ3) is 7.55. The van der Waals surface area contributed by atoms with E-state index in [1.807, 2.05) is 11.8 Å². The Labute approximate surface area is 244 Å². The maximum atomic E-state index is 13.6. The minimum absolute atomic E-state index is 0.0584. The fourth-order valence-electron chi connectivity index (χ4n) is 5.59. The number of amides is 2. The molecule has 2 aromatic rings. The van der Waals surface area contributed by atoms with Gasteiger partial charge in [-0.05, 0) is 67.5 Å². The number of aryl methyl sites for hydroxylation is 1. The average Bonchev–Trinajstić information content (AvgIpc) is 2.97. The number of rotatable bonds is 14. The number of benzene rings is 1. The SMILES string of the molecule is CCCN1C(=O)[C@H](CSSc2ncccc2[N+](=O)[O-])NC(=O)C12CCN(CCCCCCc1ccccc1)CC2. The molecule has 0 radical (unpaired) electrons. The van der Waals surface area contributed by atoms with Crippen molar-refractivity contribution in [1.29, 1.82) is 0 Å². The molecule has 2 aliphatic rings. The molecule has 1 N–H and O–H groups in total. The van der Waals surface area contributed by atoms with Gasteiger partial charge in [0.1, 0.15) is 11.6 Å². The quantitative estimate of drug-likeness (QED) is 0.141. The maximum absolute atomic E-state index is 13.6. The van der Waals surface area contributed by atoms with Crippen molar-refractivity contribution in [3.8, 4) is 0 Å². The summed E-state index contributed by atoms with van der Waals surface area (Å²) in [4.78, 5) is 46.2. The second-order valence-corrected chi connectivity index (χ2v) is 12.8. The normalized spacial score (nSPS) is 19.1. The van der Waals surface area contributed by atoms with Crippen LogP contribution in [0.25, 0.3) is 0 Å². The summed E-state index contributed by atoms with van der Waals surface area (Å²) in [5.74, 6) is 0.188. The van der Waals surface area contributed by atoms with Crippen molar-refractivity contribution in [2.75, 3.05) is 31.9 Å². The number of likely N-dealkylation sites (tertiary alicyclic amines) is 1. The van der Waals surface area contributed by atoms with E-state index in [9.17, 15) is 19.7 Å². The first kappa shape index (κ1) is 30.3. The van der Waals surface area contributed by atoms with Crippen LogP contribution >= 0.6 is 21.6 Å². The van der Waals surface area contributed by atoms with Crippen molar-refractivity contribution in [2.24, 2.45) is 0 Å². The lowest BCUT2D eigenvalue weighted by Gasteiger charge is -2.51. The summed E-state index contributed by atoms with van der Waals surface area (Å²) in [6, 6.07) is 12.9. The van der Waals surface area contributed by atoms with Gasteiger partial charge < -0.3 is 15.1 Å². The van der Waals surface area contributed by atoms with Crippen LogP contribution in [-0.4, -0.2) is 75.0 Å². The van der Waals surface area contributed by atoms with E-state index in [4.69, 9.17) is 0 Å². The molecule has 2 amide bonds. The van der Waals surface area contributed by atoms with E-state index < -0.39 is 16.5 Å². The summed E-state index contributed by atoms with van der Waals surface area (Å²) >= 11 is 0. The Bertz CT molecular complexity index is 1140. The molecule has 0 bridgehead atoms. The lowest BCUT2D eigenvalue weighted by Crippen LogP contribution is -2.73. The van der Waals surface area contributed by atoms with E-state index >= 15 is 0 Å². The van der Waals surface area contributed by atoms with E-state index in [-0.39, 0.29) is 22.5 Å². The van der Waals surface area contributed by atoms with Gasteiger partial charge in [0.05, 0.1) is 4.92 Å². The highest BCUT2D eigenvalue weighted by Crippen LogP contribution is 2.38. The lowest BCUT2D eigenvalue weighted by molar-refractivity contribution is -0.388. The van der Waals surface area contributed by atoms with Crippen molar-refractivity contribution in [3.63, 3.8) is 0 Å². The summed E-state index contributed by atoms with van der Waals surface area (Å²) in [5.41, 5.74) is 0.551. The number of nitrogens with zero attached hydrogens (tertiary/aromatic N) is 4. The minimum Gasteiger partial charge on any atom is -0.341 e. The van der Waals surface area contributed by atoms with E-state index in [0.717, 1.165) is 49.7 Å². The number of piperidine rings is 1. The van der Waals surface area contributed by atoms with Gasteiger partial charge in [0.2, 0.25) is 11.8 Å². The second kappa shape index (κ2) is 14.8. The molecule has 0 unspecified atom stereocenters. The molecule has 216 valence electrons. The first-order valence-corrected chi connectivity index (χ1v) is 16.5. The lowest BCUT2D eigenvalue weighted by atomic mass is 9.81. The van der Waals surface area contributed by atoms with Gasteiger partial charge in [0.25, 0.3) is 0 Å². The Balaban J connectivity index is 1.24. The molecule has 0 saturated carbocycles. The Morgan fingerprint density at radius 2 is 1.80 bits per heavy atom. The number of piperazine rings is 1. The van der Waals surface area contributed by atoms with E-state index in [1.54, 1.807) is 0 Å². The van der Waals surface area contributed by atoms with Crippen LogP contribution in [0.2, 0.25) is 0 Å². The summed E-state index contributed by atoms with van der Waals surface area (Å²) in [7, 11) is 2.46. The molecule has 1 atom stereocenters. The van der Waals surface area contributed by atoms with Crippen LogP contribution < -0.4 is 5.32 Å². The van der Waals surface area contributed by atoms with Crippen LogP contribution in [0.3, 0.4) is 0 Å². The van der Waals surface area contributed by atoms with Crippen molar-refractivity contribution in [2.45, 2.75) is 74.9 Å². The van der Waals surface area contributed by atoms with Gasteiger partial charge in [-0.2, -0.15) is 0 Å². The number of hydrogen-bond donors (Lipinski definition) is 1. The number of carbonyl (C=O) groups is 2. The number of pyridine rings is 1.